The van der Waals surface area contributed by atoms with Crippen molar-refractivity contribution in [2.24, 2.45) is 11.3 Å². The van der Waals surface area contributed by atoms with Gasteiger partial charge in [0.2, 0.25) is 5.88 Å². The van der Waals surface area contributed by atoms with Crippen LogP contribution in [-0.4, -0.2) is 39.7 Å². The zero-order valence-corrected chi connectivity index (χ0v) is 13.7. The first-order valence-corrected chi connectivity index (χ1v) is 8.26. The lowest BCUT2D eigenvalue weighted by atomic mass is 9.56. The van der Waals surface area contributed by atoms with Gasteiger partial charge in [-0.3, -0.25) is 4.98 Å². The minimum atomic E-state index is -4.77. The summed E-state index contributed by atoms with van der Waals surface area (Å²) in [6.45, 7) is 1.52. The molecule has 1 saturated heterocycles. The second-order valence-electron chi connectivity index (χ2n) is 7.03. The molecule has 1 N–H and O–H groups in total. The van der Waals surface area contributed by atoms with E-state index in [-0.39, 0.29) is 11.3 Å². The summed E-state index contributed by atoms with van der Waals surface area (Å²) in [5, 5.41) is 17.7. The number of hydrogen-bond acceptors (Lipinski definition) is 6. The van der Waals surface area contributed by atoms with Gasteiger partial charge in [0.1, 0.15) is 0 Å². The van der Waals surface area contributed by atoms with Crippen molar-refractivity contribution < 1.29 is 23.0 Å². The maximum Gasteiger partial charge on any atom is 0.574 e. The number of aliphatic hydroxyl groups is 1. The van der Waals surface area contributed by atoms with Crippen LogP contribution in [0.1, 0.15) is 24.5 Å². The highest BCUT2D eigenvalue weighted by atomic mass is 19.4. The van der Waals surface area contributed by atoms with Gasteiger partial charge in [-0.05, 0) is 36.5 Å². The average molecular weight is 366 g/mol. The van der Waals surface area contributed by atoms with Gasteiger partial charge in [-0.25, -0.2) is 0 Å². The molecule has 1 spiro atoms. The van der Waals surface area contributed by atoms with Crippen LogP contribution in [0.4, 0.5) is 19.0 Å². The Balaban J connectivity index is 1.30. The third kappa shape index (κ3) is 3.31. The molecule has 26 heavy (non-hydrogen) atoms. The molecule has 6 nitrogen and oxygen atoms in total. The zero-order valence-electron chi connectivity index (χ0n) is 13.7. The van der Waals surface area contributed by atoms with Crippen molar-refractivity contribution in [3.05, 3.63) is 42.2 Å². The zero-order chi connectivity index (χ0) is 18.4. The van der Waals surface area contributed by atoms with E-state index in [4.69, 9.17) is 0 Å². The molecule has 2 aliphatic rings. The fourth-order valence-corrected chi connectivity index (χ4v) is 3.94. The first kappa shape index (κ1) is 17.0. The molecule has 0 bridgehead atoms. The van der Waals surface area contributed by atoms with Gasteiger partial charge < -0.3 is 14.7 Å². The van der Waals surface area contributed by atoms with Crippen LogP contribution in [0.2, 0.25) is 0 Å². The topological polar surface area (TPSA) is 71.4 Å². The molecular weight excluding hydrogens is 349 g/mol. The van der Waals surface area contributed by atoms with Crippen LogP contribution in [-0.2, 0) is 0 Å². The average Bonchev–Trinajstić information content (AvgIpc) is 2.53. The smallest absolute Gasteiger partial charge is 0.388 e. The summed E-state index contributed by atoms with van der Waals surface area (Å²) >= 11 is 0. The molecule has 1 aliphatic heterocycles. The van der Waals surface area contributed by atoms with Crippen molar-refractivity contribution in [2.45, 2.75) is 25.3 Å². The molecular formula is C17H17F3N4O2. The molecule has 2 aromatic heterocycles. The number of aromatic nitrogens is 3. The Morgan fingerprint density at radius 1 is 1.19 bits per heavy atom. The van der Waals surface area contributed by atoms with E-state index in [2.05, 4.69) is 19.9 Å². The van der Waals surface area contributed by atoms with Crippen molar-refractivity contribution in [1.29, 1.82) is 0 Å². The van der Waals surface area contributed by atoms with Crippen molar-refractivity contribution in [1.82, 2.24) is 15.2 Å². The van der Waals surface area contributed by atoms with E-state index in [1.807, 2.05) is 17.0 Å². The van der Waals surface area contributed by atoms with Gasteiger partial charge >= 0.3 is 6.36 Å². The van der Waals surface area contributed by atoms with Crippen LogP contribution in [0.3, 0.4) is 0 Å². The van der Waals surface area contributed by atoms with Crippen LogP contribution in [0, 0.1) is 11.3 Å². The summed E-state index contributed by atoms with van der Waals surface area (Å²) < 4.78 is 40.1. The molecule has 1 unspecified atom stereocenters. The van der Waals surface area contributed by atoms with Crippen molar-refractivity contribution >= 4 is 5.82 Å². The van der Waals surface area contributed by atoms with Gasteiger partial charge in [-0.2, -0.15) is 0 Å². The molecule has 0 radical (unpaired) electrons. The number of pyridine rings is 1. The summed E-state index contributed by atoms with van der Waals surface area (Å²) in [5.74, 6) is 0.163. The molecule has 1 aliphatic carbocycles. The lowest BCUT2D eigenvalue weighted by molar-refractivity contribution is -0.276. The molecule has 3 heterocycles. The Morgan fingerprint density at radius 2 is 1.96 bits per heavy atom. The van der Waals surface area contributed by atoms with Crippen LogP contribution in [0.15, 0.2) is 36.7 Å². The third-order valence-electron chi connectivity index (χ3n) is 5.09. The summed E-state index contributed by atoms with van der Waals surface area (Å²) in [6.07, 6.45) is -0.114. The van der Waals surface area contributed by atoms with E-state index < -0.39 is 18.3 Å². The van der Waals surface area contributed by atoms with Gasteiger partial charge in [0.15, 0.2) is 5.82 Å². The van der Waals surface area contributed by atoms with E-state index in [1.165, 1.54) is 6.07 Å². The monoisotopic (exact) mass is 366 g/mol. The van der Waals surface area contributed by atoms with E-state index in [0.717, 1.165) is 37.6 Å². The molecule has 2 aromatic rings. The summed E-state index contributed by atoms with van der Waals surface area (Å²) in [6, 6.07) is 6.32. The Bertz CT molecular complexity index is 756. The van der Waals surface area contributed by atoms with Gasteiger partial charge in [-0.15, -0.1) is 23.4 Å². The number of ether oxygens (including phenoxy) is 1. The standard InChI is InChI=1S/C17H17F3N4O2/c18-17(19,20)26-14-4-3-13(22-23-14)24-9-16(10-24)6-12(7-16)15(25)11-2-1-5-21-8-11/h1-5,8,12,15,25H,6-7,9-10H2. The van der Waals surface area contributed by atoms with Crippen LogP contribution in [0.5, 0.6) is 5.88 Å². The van der Waals surface area contributed by atoms with Gasteiger partial charge in [0.25, 0.3) is 0 Å². The second kappa shape index (κ2) is 6.08. The molecule has 138 valence electrons. The fourth-order valence-electron chi connectivity index (χ4n) is 3.94. The Labute approximate surface area is 147 Å². The minimum absolute atomic E-state index is 0.149. The highest BCUT2D eigenvalue weighted by Gasteiger charge is 2.54. The number of hydrogen-bond donors (Lipinski definition) is 1. The number of aliphatic hydroxyl groups excluding tert-OH is 1. The van der Waals surface area contributed by atoms with Crippen LogP contribution < -0.4 is 9.64 Å². The highest BCUT2D eigenvalue weighted by Crippen LogP contribution is 2.56. The van der Waals surface area contributed by atoms with Crippen molar-refractivity contribution in [3.63, 3.8) is 0 Å². The largest absolute Gasteiger partial charge is 0.574 e. The lowest BCUT2D eigenvalue weighted by Crippen LogP contribution is -2.63. The Kier molecular flexibility index (Phi) is 3.98. The Morgan fingerprint density at radius 3 is 2.54 bits per heavy atom. The number of nitrogens with zero attached hydrogens (tertiary/aromatic N) is 4. The van der Waals surface area contributed by atoms with Gasteiger partial charge in [-0.1, -0.05) is 6.07 Å². The normalized spacial score (nSPS) is 20.4. The fraction of sp³-hybridized carbons (Fsp3) is 0.471. The molecule has 2 fully saturated rings. The summed E-state index contributed by atoms with van der Waals surface area (Å²) in [5.41, 5.74) is 0.978. The van der Waals surface area contributed by atoms with Crippen molar-refractivity contribution in [3.8, 4) is 5.88 Å². The maximum absolute atomic E-state index is 12.1. The predicted molar refractivity (Wildman–Crippen MR) is 85.3 cm³/mol. The molecule has 9 heteroatoms. The SMILES string of the molecule is OC(c1cccnc1)C1CC2(C1)CN(c1ccc(OC(F)(F)F)nn1)C2. The van der Waals surface area contributed by atoms with Crippen molar-refractivity contribution in [2.75, 3.05) is 18.0 Å². The van der Waals surface area contributed by atoms with Gasteiger partial charge in [0, 0.05) is 37.0 Å². The summed E-state index contributed by atoms with van der Waals surface area (Å²) in [4.78, 5) is 6.00. The molecule has 4 rings (SSSR count). The Hall–Kier alpha value is -2.42. The predicted octanol–water partition coefficient (Wildman–Crippen LogP) is 2.72. The summed E-state index contributed by atoms with van der Waals surface area (Å²) in [7, 11) is 0. The van der Waals surface area contributed by atoms with E-state index in [9.17, 15) is 18.3 Å². The van der Waals surface area contributed by atoms with E-state index in [1.54, 1.807) is 12.4 Å². The lowest BCUT2D eigenvalue weighted by Gasteiger charge is -2.60. The van der Waals surface area contributed by atoms with Crippen LogP contribution in [0.25, 0.3) is 0 Å². The number of rotatable bonds is 4. The van der Waals surface area contributed by atoms with E-state index in [0.29, 0.717) is 5.82 Å². The first-order chi connectivity index (χ1) is 12.3. The second-order valence-corrected chi connectivity index (χ2v) is 7.03. The third-order valence-corrected chi connectivity index (χ3v) is 5.09. The van der Waals surface area contributed by atoms with Crippen LogP contribution >= 0.6 is 0 Å². The number of anilines is 1. The molecule has 0 aromatic carbocycles. The maximum atomic E-state index is 12.1. The quantitative estimate of drug-likeness (QED) is 0.897. The van der Waals surface area contributed by atoms with Gasteiger partial charge in [0.05, 0.1) is 6.10 Å². The first-order valence-electron chi connectivity index (χ1n) is 8.26. The molecule has 1 atom stereocenters. The van der Waals surface area contributed by atoms with E-state index >= 15 is 0 Å². The molecule has 1 saturated carbocycles. The minimum Gasteiger partial charge on any atom is -0.388 e. The number of alkyl halides is 3. The highest BCUT2D eigenvalue weighted by molar-refractivity contribution is 5.44. The molecule has 0 amide bonds. The number of halogens is 3.